The van der Waals surface area contributed by atoms with E-state index in [1.807, 2.05) is 67.6 Å². The van der Waals surface area contributed by atoms with Gasteiger partial charge in [0.1, 0.15) is 11.1 Å². The Balaban J connectivity index is 1.60. The van der Waals surface area contributed by atoms with E-state index in [0.717, 1.165) is 27.9 Å². The Morgan fingerprint density at radius 3 is 2.46 bits per heavy atom. The van der Waals surface area contributed by atoms with Crippen LogP contribution in [0.3, 0.4) is 0 Å². The van der Waals surface area contributed by atoms with Crippen LogP contribution in [-0.2, 0) is 4.79 Å². The Labute approximate surface area is 218 Å². The number of pyridine rings is 1. The summed E-state index contributed by atoms with van der Waals surface area (Å²) >= 11 is 13.6. The van der Waals surface area contributed by atoms with Crippen molar-refractivity contribution in [3.8, 4) is 28.5 Å². The van der Waals surface area contributed by atoms with Gasteiger partial charge in [0.25, 0.3) is 0 Å². The lowest BCUT2D eigenvalue weighted by atomic mass is 9.98. The molecule has 0 saturated heterocycles. The maximum atomic E-state index is 12.5. The van der Waals surface area contributed by atoms with Crippen molar-refractivity contribution in [2.24, 2.45) is 0 Å². The lowest BCUT2D eigenvalue weighted by molar-refractivity contribution is -0.115. The second-order valence-electron chi connectivity index (χ2n) is 7.83. The van der Waals surface area contributed by atoms with Gasteiger partial charge in [-0.3, -0.25) is 4.79 Å². The highest BCUT2D eigenvalue weighted by molar-refractivity contribution is 7.99. The number of halogens is 2. The molecule has 1 aromatic heterocycles. The molecule has 0 aliphatic carbocycles. The average molecular weight is 518 g/mol. The van der Waals surface area contributed by atoms with E-state index in [2.05, 4.69) is 11.4 Å². The van der Waals surface area contributed by atoms with Crippen LogP contribution in [0.2, 0.25) is 10.0 Å². The minimum absolute atomic E-state index is 0.196. The zero-order valence-electron chi connectivity index (χ0n) is 18.9. The summed E-state index contributed by atoms with van der Waals surface area (Å²) < 4.78 is 0. The Morgan fingerprint density at radius 2 is 1.74 bits per heavy atom. The molecule has 0 aliphatic rings. The molecule has 4 rings (SSSR count). The molecule has 4 aromatic rings. The van der Waals surface area contributed by atoms with Crippen LogP contribution in [0.5, 0.6) is 0 Å². The number of anilines is 1. The monoisotopic (exact) mass is 517 g/mol. The van der Waals surface area contributed by atoms with Crippen molar-refractivity contribution in [3.63, 3.8) is 0 Å². The molecule has 174 valence electrons. The van der Waals surface area contributed by atoms with Crippen LogP contribution in [0.1, 0.15) is 17.5 Å². The van der Waals surface area contributed by atoms with Crippen LogP contribution in [0.15, 0.2) is 83.9 Å². The Hall–Kier alpha value is -3.30. The van der Waals surface area contributed by atoms with E-state index in [4.69, 9.17) is 28.2 Å². The first kappa shape index (κ1) is 24.8. The van der Waals surface area contributed by atoms with Crippen LogP contribution >= 0.6 is 35.0 Å². The van der Waals surface area contributed by atoms with E-state index >= 15 is 0 Å². The molecule has 0 spiro atoms. The fraction of sp³-hybridized carbons (Fsp3) is 0.107. The fourth-order valence-corrected chi connectivity index (χ4v) is 4.80. The SMILES string of the molecule is Cc1ccc(-c2cc(-c3ccccc3)nc(SCCC(=O)Nc3cccc(Cl)c3Cl)c2C#N)cc1. The molecule has 0 atom stereocenters. The number of hydrogen-bond donors (Lipinski definition) is 1. The van der Waals surface area contributed by atoms with Gasteiger partial charge in [0.2, 0.25) is 5.91 Å². The van der Waals surface area contributed by atoms with Crippen molar-refractivity contribution >= 4 is 46.6 Å². The van der Waals surface area contributed by atoms with E-state index in [1.165, 1.54) is 11.8 Å². The van der Waals surface area contributed by atoms with Crippen molar-refractivity contribution in [1.29, 1.82) is 5.26 Å². The summed E-state index contributed by atoms with van der Waals surface area (Å²) in [6.45, 7) is 2.03. The molecule has 0 fully saturated rings. The van der Waals surface area contributed by atoms with Gasteiger partial charge >= 0.3 is 0 Å². The zero-order chi connectivity index (χ0) is 24.8. The molecule has 35 heavy (non-hydrogen) atoms. The molecule has 1 heterocycles. The molecule has 0 radical (unpaired) electrons. The van der Waals surface area contributed by atoms with Gasteiger partial charge in [-0.15, -0.1) is 11.8 Å². The predicted octanol–water partition coefficient (Wildman–Crippen LogP) is 8.02. The molecule has 1 N–H and O–H groups in total. The normalized spacial score (nSPS) is 10.6. The summed E-state index contributed by atoms with van der Waals surface area (Å²) in [5.41, 5.74) is 5.61. The van der Waals surface area contributed by atoms with E-state index in [-0.39, 0.29) is 12.3 Å². The van der Waals surface area contributed by atoms with Crippen LogP contribution in [0.25, 0.3) is 22.4 Å². The Morgan fingerprint density at radius 1 is 1.00 bits per heavy atom. The van der Waals surface area contributed by atoms with Gasteiger partial charge < -0.3 is 5.32 Å². The molecule has 4 nitrogen and oxygen atoms in total. The van der Waals surface area contributed by atoms with Gasteiger partial charge in [-0.1, -0.05) is 89.4 Å². The van der Waals surface area contributed by atoms with Crippen molar-refractivity contribution < 1.29 is 4.79 Å². The first-order valence-corrected chi connectivity index (χ1v) is 12.6. The van der Waals surface area contributed by atoms with E-state index in [0.29, 0.717) is 32.1 Å². The summed E-state index contributed by atoms with van der Waals surface area (Å²) in [5.74, 6) is 0.246. The van der Waals surface area contributed by atoms with Gasteiger partial charge in [0, 0.05) is 23.3 Å². The number of benzene rings is 3. The fourth-order valence-electron chi connectivity index (χ4n) is 3.51. The molecule has 3 aromatic carbocycles. The molecule has 7 heteroatoms. The highest BCUT2D eigenvalue weighted by Gasteiger charge is 2.17. The van der Waals surface area contributed by atoms with Gasteiger partial charge in [-0.25, -0.2) is 4.98 Å². The van der Waals surface area contributed by atoms with Gasteiger partial charge in [0.05, 0.1) is 27.0 Å². The van der Waals surface area contributed by atoms with Crippen LogP contribution < -0.4 is 5.32 Å². The summed E-state index contributed by atoms with van der Waals surface area (Å²) in [7, 11) is 0. The lowest BCUT2D eigenvalue weighted by Gasteiger charge is -2.13. The van der Waals surface area contributed by atoms with Gasteiger partial charge in [-0.2, -0.15) is 5.26 Å². The molecule has 1 amide bonds. The largest absolute Gasteiger partial charge is 0.325 e. The molecular weight excluding hydrogens is 497 g/mol. The topological polar surface area (TPSA) is 65.8 Å². The summed E-state index contributed by atoms with van der Waals surface area (Å²) in [4.78, 5) is 17.3. The Bertz CT molecular complexity index is 1400. The first-order valence-electron chi connectivity index (χ1n) is 10.9. The summed E-state index contributed by atoms with van der Waals surface area (Å²) in [6, 6.07) is 27.3. The number of thioether (sulfide) groups is 1. The lowest BCUT2D eigenvalue weighted by Crippen LogP contribution is -2.12. The van der Waals surface area contributed by atoms with E-state index < -0.39 is 0 Å². The van der Waals surface area contributed by atoms with Crippen molar-refractivity contribution in [2.75, 3.05) is 11.1 Å². The van der Waals surface area contributed by atoms with Gasteiger partial charge in [-0.05, 0) is 30.7 Å². The smallest absolute Gasteiger partial charge is 0.225 e. The van der Waals surface area contributed by atoms with Crippen LogP contribution in [-0.4, -0.2) is 16.6 Å². The van der Waals surface area contributed by atoms with Crippen LogP contribution in [0, 0.1) is 18.3 Å². The van der Waals surface area contributed by atoms with Crippen molar-refractivity contribution in [3.05, 3.63) is 100 Å². The van der Waals surface area contributed by atoms with E-state index in [9.17, 15) is 10.1 Å². The molecule has 0 aliphatic heterocycles. The molecule has 0 saturated carbocycles. The first-order chi connectivity index (χ1) is 17.0. The number of nitrogens with one attached hydrogen (secondary N) is 1. The third-order valence-electron chi connectivity index (χ3n) is 5.32. The second kappa shape index (κ2) is 11.4. The number of carbonyl (C=O) groups is 1. The average Bonchev–Trinajstić information content (AvgIpc) is 2.87. The number of aromatic nitrogens is 1. The minimum atomic E-state index is -0.196. The Kier molecular flexibility index (Phi) is 8.09. The quantitative estimate of drug-likeness (QED) is 0.252. The number of carbonyl (C=O) groups excluding carboxylic acids is 1. The highest BCUT2D eigenvalue weighted by Crippen LogP contribution is 2.35. The molecule has 0 unspecified atom stereocenters. The van der Waals surface area contributed by atoms with Crippen molar-refractivity contribution in [1.82, 2.24) is 4.98 Å². The van der Waals surface area contributed by atoms with Crippen molar-refractivity contribution in [2.45, 2.75) is 18.4 Å². The van der Waals surface area contributed by atoms with Crippen LogP contribution in [0.4, 0.5) is 5.69 Å². The minimum Gasteiger partial charge on any atom is -0.325 e. The highest BCUT2D eigenvalue weighted by atomic mass is 35.5. The molecular formula is C28H21Cl2N3OS. The maximum Gasteiger partial charge on any atom is 0.225 e. The number of nitrogens with zero attached hydrogens (tertiary/aromatic N) is 2. The predicted molar refractivity (Wildman–Crippen MR) is 145 cm³/mol. The van der Waals surface area contributed by atoms with Gasteiger partial charge in [0.15, 0.2) is 0 Å². The van der Waals surface area contributed by atoms with E-state index in [1.54, 1.807) is 18.2 Å². The standard InChI is InChI=1S/C28H21Cl2N3OS/c1-18-10-12-19(13-11-18)21-16-25(20-6-3-2-4-7-20)33-28(22(21)17-31)35-15-14-26(34)32-24-9-5-8-23(29)27(24)30/h2-13,16H,14-15H2,1H3,(H,32,34). The summed E-state index contributed by atoms with van der Waals surface area (Å²) in [5, 5.41) is 14.1. The molecule has 0 bridgehead atoms. The number of aryl methyl sites for hydroxylation is 1. The second-order valence-corrected chi connectivity index (χ2v) is 9.70. The number of rotatable bonds is 7. The number of hydrogen-bond acceptors (Lipinski definition) is 4. The zero-order valence-corrected chi connectivity index (χ0v) is 21.2. The number of amides is 1. The number of nitriles is 1. The summed E-state index contributed by atoms with van der Waals surface area (Å²) in [6.07, 6.45) is 0.218. The maximum absolute atomic E-state index is 12.5. The third kappa shape index (κ3) is 6.04. The third-order valence-corrected chi connectivity index (χ3v) is 7.12.